The van der Waals surface area contributed by atoms with Gasteiger partial charge in [-0.2, -0.15) is 0 Å². The van der Waals surface area contributed by atoms with Crippen LogP contribution in [0.25, 0.3) is 21.8 Å². The van der Waals surface area contributed by atoms with Gasteiger partial charge in [-0.25, -0.2) is 4.98 Å². The van der Waals surface area contributed by atoms with E-state index in [9.17, 15) is 58.5 Å². The van der Waals surface area contributed by atoms with Crippen molar-refractivity contribution in [2.45, 2.75) is 38.5 Å². The summed E-state index contributed by atoms with van der Waals surface area (Å²) in [6.07, 6.45) is 1.28. The third-order valence-corrected chi connectivity index (χ3v) is 6.30. The van der Waals surface area contributed by atoms with Gasteiger partial charge >= 0.3 is 49.4 Å². The van der Waals surface area contributed by atoms with E-state index >= 15 is 0 Å². The summed E-state index contributed by atoms with van der Waals surface area (Å²) in [5, 5.41) is 35.0. The Morgan fingerprint density at radius 1 is 0.619 bits per heavy atom. The number of fused-ring (bicyclic) bond motifs is 3. The molecule has 3 rings (SSSR count). The molecule has 0 bridgehead atoms. The standard InChI is InChI=1S/C27H20N2O12.Eu/c1-9(30)14(22(33)25(36)37)17-13-7-6-12-5-4-8-28-19(12)20(13)29-21(16(11(3)32)24(35)27(40)41)18(17)15(10(2)31)23(34)26(38)39;/h4-8,14-16H,1-3H3,(H,36,37)(H,38,39)(H,40,41);/q;+3/p-3. The van der Waals surface area contributed by atoms with E-state index in [0.717, 1.165) is 13.8 Å². The quantitative estimate of drug-likeness (QED) is 0.102. The number of benzene rings is 1. The number of Topliss-reactive ketones (excluding diaryl/α,β-unsaturated/α-hetero) is 6. The summed E-state index contributed by atoms with van der Waals surface area (Å²) in [4.78, 5) is 120. The fourth-order valence-electron chi connectivity index (χ4n) is 4.65. The van der Waals surface area contributed by atoms with Gasteiger partial charge in [-0.05, 0) is 38.0 Å². The predicted octanol–water partition coefficient (Wildman–Crippen LogP) is -3.24. The van der Waals surface area contributed by atoms with E-state index in [1.807, 2.05) is 0 Å². The second-order valence-corrected chi connectivity index (χ2v) is 8.95. The largest absolute Gasteiger partial charge is 3.00 e. The SMILES string of the molecule is CC(=O)C(C(=O)C(=O)[O-])c1nc2c(ccc3cccnc32)c(C(C(C)=O)C(=O)C(=O)[O-])c1C(C(C)=O)C(=O)C(=O)[O-].[Eu+3]. The van der Waals surface area contributed by atoms with Gasteiger partial charge in [-0.3, -0.25) is 33.8 Å². The van der Waals surface area contributed by atoms with Crippen LogP contribution in [-0.2, 0) is 43.2 Å². The maximum atomic E-state index is 12.8. The first-order valence-corrected chi connectivity index (χ1v) is 11.6. The van der Waals surface area contributed by atoms with Crippen LogP contribution in [0.5, 0.6) is 0 Å². The predicted molar refractivity (Wildman–Crippen MR) is 127 cm³/mol. The number of pyridine rings is 2. The van der Waals surface area contributed by atoms with Crippen molar-refractivity contribution in [3.05, 3.63) is 47.3 Å². The smallest absolute Gasteiger partial charge is 0.542 e. The molecule has 3 atom stereocenters. The molecule has 0 aliphatic carbocycles. The molecular formula is C27H17EuN2O12. The third kappa shape index (κ3) is 6.27. The Labute approximate surface area is 276 Å². The van der Waals surface area contributed by atoms with Gasteiger partial charge in [0.1, 0.15) is 53.0 Å². The summed E-state index contributed by atoms with van der Waals surface area (Å²) in [5.41, 5.74) is -3.11. The second-order valence-electron chi connectivity index (χ2n) is 8.95. The van der Waals surface area contributed by atoms with Gasteiger partial charge < -0.3 is 29.7 Å². The molecule has 42 heavy (non-hydrogen) atoms. The first-order valence-electron chi connectivity index (χ1n) is 11.6. The molecule has 1 aromatic carbocycles. The van der Waals surface area contributed by atoms with Crippen LogP contribution < -0.4 is 15.3 Å². The fraction of sp³-hybridized carbons (Fsp3) is 0.222. The van der Waals surface area contributed by atoms with Crippen molar-refractivity contribution in [1.82, 2.24) is 9.97 Å². The number of ketones is 6. The van der Waals surface area contributed by atoms with Crippen molar-refractivity contribution in [1.29, 1.82) is 0 Å². The molecule has 2 heterocycles. The fourth-order valence-corrected chi connectivity index (χ4v) is 4.65. The Morgan fingerprint density at radius 2 is 1.07 bits per heavy atom. The number of nitrogens with zero attached hydrogens (tertiary/aromatic N) is 2. The molecule has 0 spiro atoms. The molecule has 3 unspecified atom stereocenters. The number of hydrogen-bond acceptors (Lipinski definition) is 14. The van der Waals surface area contributed by atoms with Gasteiger partial charge in [0.05, 0.1) is 16.7 Å². The van der Waals surface area contributed by atoms with E-state index < -0.39 is 87.2 Å². The molecule has 0 radical (unpaired) electrons. The molecule has 0 N–H and O–H groups in total. The van der Waals surface area contributed by atoms with E-state index in [0.29, 0.717) is 12.3 Å². The molecule has 0 saturated heterocycles. The third-order valence-electron chi connectivity index (χ3n) is 6.30. The summed E-state index contributed by atoms with van der Waals surface area (Å²) < 4.78 is 0. The van der Waals surface area contributed by atoms with Gasteiger partial charge in [0, 0.05) is 17.0 Å². The summed E-state index contributed by atoms with van der Waals surface area (Å²) in [6.45, 7) is 2.21. The van der Waals surface area contributed by atoms with Gasteiger partial charge in [-0.15, -0.1) is 0 Å². The van der Waals surface area contributed by atoms with Crippen molar-refractivity contribution in [2.75, 3.05) is 0 Å². The molecule has 0 amide bonds. The summed E-state index contributed by atoms with van der Waals surface area (Å²) in [7, 11) is 0. The Balaban J connectivity index is 0.00000616. The number of carbonyl (C=O) groups excluding carboxylic acids is 9. The van der Waals surface area contributed by atoms with E-state index in [2.05, 4.69) is 9.97 Å². The van der Waals surface area contributed by atoms with Gasteiger partial charge in [-0.1, -0.05) is 18.2 Å². The van der Waals surface area contributed by atoms with Crippen LogP contribution in [0.3, 0.4) is 0 Å². The first kappa shape index (κ1) is 34.3. The van der Waals surface area contributed by atoms with Crippen LogP contribution in [0.15, 0.2) is 30.5 Å². The number of rotatable bonds is 12. The van der Waals surface area contributed by atoms with Gasteiger partial charge in [0.15, 0.2) is 17.3 Å². The second kappa shape index (κ2) is 13.4. The number of aromatic nitrogens is 2. The van der Waals surface area contributed by atoms with Crippen LogP contribution in [-0.4, -0.2) is 62.6 Å². The molecule has 14 nitrogen and oxygen atoms in total. The number of carbonyl (C=O) groups is 9. The van der Waals surface area contributed by atoms with Crippen molar-refractivity contribution in [3.63, 3.8) is 0 Å². The minimum atomic E-state index is -2.53. The van der Waals surface area contributed by atoms with Crippen LogP contribution in [0.1, 0.15) is 55.3 Å². The zero-order chi connectivity index (χ0) is 30.9. The van der Waals surface area contributed by atoms with E-state index in [1.165, 1.54) is 30.5 Å². The van der Waals surface area contributed by atoms with Crippen molar-refractivity contribution in [2.24, 2.45) is 0 Å². The maximum Gasteiger partial charge on any atom is 3.00 e. The number of carboxylic acid groups (broad SMARTS) is 3. The Bertz CT molecular complexity index is 1750. The van der Waals surface area contributed by atoms with E-state index in [4.69, 9.17) is 0 Å². The first-order chi connectivity index (χ1) is 19.1. The number of hydrogen-bond donors (Lipinski definition) is 0. The normalized spacial score (nSPS) is 12.8. The van der Waals surface area contributed by atoms with Crippen LogP contribution in [0.4, 0.5) is 0 Å². The molecule has 0 saturated carbocycles. The minimum absolute atomic E-state index is 0. The molecule has 214 valence electrons. The number of aliphatic carboxylic acids is 3. The molecule has 0 fully saturated rings. The maximum absolute atomic E-state index is 12.8. The van der Waals surface area contributed by atoms with Gasteiger partial charge in [0.2, 0.25) is 0 Å². The summed E-state index contributed by atoms with van der Waals surface area (Å²) >= 11 is 0. The minimum Gasteiger partial charge on any atom is -0.542 e. The molecule has 2 aromatic heterocycles. The van der Waals surface area contributed by atoms with Crippen LogP contribution >= 0.6 is 0 Å². The zero-order valence-electron chi connectivity index (χ0n) is 21.8. The molecule has 0 aliphatic heterocycles. The van der Waals surface area contributed by atoms with Crippen molar-refractivity contribution < 1.29 is 108 Å². The topological polar surface area (TPSA) is 249 Å². The number of carboxylic acids is 3. The molecule has 0 aliphatic rings. The molecular weight excluding hydrogens is 696 g/mol. The molecule has 3 aromatic rings. The summed E-state index contributed by atoms with van der Waals surface area (Å²) in [5.74, 6) is -24.2. The average molecular weight is 713 g/mol. The van der Waals surface area contributed by atoms with E-state index in [-0.39, 0.29) is 65.8 Å². The Hall–Kier alpha value is -3.95. The van der Waals surface area contributed by atoms with E-state index in [1.54, 1.807) is 0 Å². The van der Waals surface area contributed by atoms with Crippen LogP contribution in [0, 0.1) is 49.4 Å². The van der Waals surface area contributed by atoms with Crippen molar-refractivity contribution in [3.8, 4) is 0 Å². The summed E-state index contributed by atoms with van der Waals surface area (Å²) in [6, 6.07) is 5.60. The average Bonchev–Trinajstić information content (AvgIpc) is 2.88. The van der Waals surface area contributed by atoms with Crippen molar-refractivity contribution >= 4 is 74.4 Å². The van der Waals surface area contributed by atoms with Crippen LogP contribution in [0.2, 0.25) is 0 Å². The Morgan fingerprint density at radius 3 is 1.52 bits per heavy atom. The zero-order valence-corrected chi connectivity index (χ0v) is 24.2. The van der Waals surface area contributed by atoms with Gasteiger partial charge in [0.25, 0.3) is 0 Å². The molecule has 15 heteroatoms. The monoisotopic (exact) mass is 714 g/mol. The Kier molecular flexibility index (Phi) is 10.9.